The molecule has 0 atom stereocenters. The number of aromatic nitrogens is 2. The van der Waals surface area contributed by atoms with Gasteiger partial charge in [0.15, 0.2) is 6.61 Å². The van der Waals surface area contributed by atoms with E-state index in [1.807, 2.05) is 36.7 Å². The maximum absolute atomic E-state index is 12.2. The maximum Gasteiger partial charge on any atom is 0.258 e. The van der Waals surface area contributed by atoms with Crippen LogP contribution in [-0.2, 0) is 29.1 Å². The summed E-state index contributed by atoms with van der Waals surface area (Å²) in [5, 5.41) is 7.49. The molecule has 0 fully saturated rings. The Labute approximate surface area is 175 Å². The number of nitrogens with two attached hydrogens (primary N) is 1. The fraction of sp³-hybridized carbons (Fsp3) is 0.261. The van der Waals surface area contributed by atoms with E-state index >= 15 is 0 Å². The summed E-state index contributed by atoms with van der Waals surface area (Å²) in [6.07, 6.45) is 0.178. The van der Waals surface area contributed by atoms with Crippen molar-refractivity contribution in [3.63, 3.8) is 0 Å². The van der Waals surface area contributed by atoms with Gasteiger partial charge in [-0.15, -0.1) is 0 Å². The molecule has 0 aliphatic carbocycles. The summed E-state index contributed by atoms with van der Waals surface area (Å²) in [6, 6.07) is 17.1. The monoisotopic (exact) mass is 406 g/mol. The first-order valence-electron chi connectivity index (χ1n) is 9.76. The van der Waals surface area contributed by atoms with Crippen LogP contribution in [-0.4, -0.2) is 28.2 Å². The van der Waals surface area contributed by atoms with Crippen LogP contribution < -0.4 is 15.8 Å². The normalized spacial score (nSPS) is 10.6. The fourth-order valence-electron chi connectivity index (χ4n) is 3.19. The summed E-state index contributed by atoms with van der Waals surface area (Å²) in [5.74, 6) is -0.0482. The molecule has 0 radical (unpaired) electrons. The largest absolute Gasteiger partial charge is 0.484 e. The lowest BCUT2D eigenvalue weighted by Gasteiger charge is -2.09. The van der Waals surface area contributed by atoms with E-state index in [0.717, 1.165) is 22.5 Å². The average Bonchev–Trinajstić information content (AvgIpc) is 2.99. The van der Waals surface area contributed by atoms with Crippen LogP contribution in [0.15, 0.2) is 54.6 Å². The highest BCUT2D eigenvalue weighted by molar-refractivity contribution is 5.77. The van der Waals surface area contributed by atoms with E-state index in [4.69, 9.17) is 10.5 Å². The highest BCUT2D eigenvalue weighted by atomic mass is 16.5. The minimum Gasteiger partial charge on any atom is -0.484 e. The van der Waals surface area contributed by atoms with Gasteiger partial charge in [-0.05, 0) is 37.1 Å². The van der Waals surface area contributed by atoms with Crippen molar-refractivity contribution >= 4 is 11.8 Å². The van der Waals surface area contributed by atoms with Crippen LogP contribution >= 0.6 is 0 Å². The zero-order chi connectivity index (χ0) is 21.5. The van der Waals surface area contributed by atoms with Crippen molar-refractivity contribution in [3.8, 4) is 5.75 Å². The molecule has 0 unspecified atom stereocenters. The minimum atomic E-state index is -0.388. The zero-order valence-electron chi connectivity index (χ0n) is 17.2. The molecule has 1 heterocycles. The van der Waals surface area contributed by atoms with Gasteiger partial charge < -0.3 is 15.8 Å². The summed E-state index contributed by atoms with van der Waals surface area (Å²) >= 11 is 0. The van der Waals surface area contributed by atoms with Gasteiger partial charge in [-0.1, -0.05) is 42.5 Å². The lowest BCUT2D eigenvalue weighted by atomic mass is 10.1. The second-order valence-electron chi connectivity index (χ2n) is 7.15. The first-order chi connectivity index (χ1) is 14.4. The molecule has 3 aromatic rings. The number of ether oxygens (including phenoxy) is 1. The number of benzene rings is 2. The third kappa shape index (κ3) is 5.70. The number of carbonyl (C=O) groups is 2. The topological polar surface area (TPSA) is 99.2 Å². The lowest BCUT2D eigenvalue weighted by Crippen LogP contribution is -2.28. The summed E-state index contributed by atoms with van der Waals surface area (Å²) in [4.78, 5) is 23.1. The molecule has 0 spiro atoms. The average molecular weight is 406 g/mol. The number of aryl methyl sites for hydroxylation is 1. The third-order valence-corrected chi connectivity index (χ3v) is 4.84. The summed E-state index contributed by atoms with van der Waals surface area (Å²) in [7, 11) is 0. The van der Waals surface area contributed by atoms with E-state index in [0.29, 0.717) is 18.8 Å². The molecule has 156 valence electrons. The Morgan fingerprint density at radius 1 is 1.03 bits per heavy atom. The smallest absolute Gasteiger partial charge is 0.258 e. The Hall–Kier alpha value is -3.61. The van der Waals surface area contributed by atoms with E-state index < -0.39 is 0 Å². The van der Waals surface area contributed by atoms with Crippen molar-refractivity contribution in [2.24, 2.45) is 5.73 Å². The predicted octanol–water partition coefficient (Wildman–Crippen LogP) is 2.27. The summed E-state index contributed by atoms with van der Waals surface area (Å²) in [5.41, 5.74) is 10.1. The number of rotatable bonds is 9. The van der Waals surface area contributed by atoms with E-state index in [2.05, 4.69) is 22.5 Å². The van der Waals surface area contributed by atoms with Gasteiger partial charge in [-0.3, -0.25) is 14.3 Å². The van der Waals surface area contributed by atoms with E-state index in [-0.39, 0.29) is 24.8 Å². The molecule has 0 bridgehead atoms. The third-order valence-electron chi connectivity index (χ3n) is 4.84. The Morgan fingerprint density at radius 2 is 1.73 bits per heavy atom. The van der Waals surface area contributed by atoms with Gasteiger partial charge in [0.25, 0.3) is 5.91 Å². The second-order valence-corrected chi connectivity index (χ2v) is 7.15. The van der Waals surface area contributed by atoms with Crippen molar-refractivity contribution in [1.29, 1.82) is 0 Å². The molecular weight excluding hydrogens is 380 g/mol. The molecule has 2 amide bonds. The van der Waals surface area contributed by atoms with Gasteiger partial charge in [0.2, 0.25) is 5.91 Å². The Bertz CT molecular complexity index is 1010. The highest BCUT2D eigenvalue weighted by Crippen LogP contribution is 2.15. The van der Waals surface area contributed by atoms with Crippen LogP contribution in [0.25, 0.3) is 0 Å². The Kier molecular flexibility index (Phi) is 6.85. The molecule has 7 nitrogen and oxygen atoms in total. The maximum atomic E-state index is 12.2. The molecule has 30 heavy (non-hydrogen) atoms. The molecular formula is C23H26N4O3. The molecule has 0 saturated carbocycles. The number of hydrogen-bond acceptors (Lipinski definition) is 4. The van der Waals surface area contributed by atoms with Crippen molar-refractivity contribution in [1.82, 2.24) is 15.1 Å². The standard InChI is InChI=1S/C23H26N4O3/c1-16-21(17(2)27(26-16)14-19-6-4-3-5-7-19)13-25-23(29)15-30-20-10-8-18(9-11-20)12-22(24)28/h3-11H,12-15H2,1-2H3,(H2,24,28)(H,25,29). The SMILES string of the molecule is Cc1nn(Cc2ccccc2)c(C)c1CNC(=O)COc1ccc(CC(N)=O)cc1. The molecule has 0 saturated heterocycles. The van der Waals surface area contributed by atoms with Crippen LogP contribution in [0.2, 0.25) is 0 Å². The van der Waals surface area contributed by atoms with Crippen LogP contribution in [0.1, 0.15) is 28.1 Å². The molecule has 0 aliphatic heterocycles. The fourth-order valence-corrected chi connectivity index (χ4v) is 3.19. The van der Waals surface area contributed by atoms with Crippen molar-refractivity contribution < 1.29 is 14.3 Å². The number of carbonyl (C=O) groups excluding carboxylic acids is 2. The zero-order valence-corrected chi connectivity index (χ0v) is 17.2. The Morgan fingerprint density at radius 3 is 2.40 bits per heavy atom. The summed E-state index contributed by atoms with van der Waals surface area (Å²) in [6.45, 7) is 4.95. The van der Waals surface area contributed by atoms with Gasteiger partial charge in [0, 0.05) is 17.8 Å². The van der Waals surface area contributed by atoms with E-state index in [1.165, 1.54) is 5.56 Å². The predicted molar refractivity (Wildman–Crippen MR) is 114 cm³/mol. The number of nitrogens with zero attached hydrogens (tertiary/aromatic N) is 2. The minimum absolute atomic E-state index is 0.0919. The number of primary amides is 1. The van der Waals surface area contributed by atoms with Gasteiger partial charge in [-0.25, -0.2) is 0 Å². The quantitative estimate of drug-likeness (QED) is 0.569. The first-order valence-corrected chi connectivity index (χ1v) is 9.76. The first kappa shape index (κ1) is 21.1. The second kappa shape index (κ2) is 9.73. The molecule has 7 heteroatoms. The van der Waals surface area contributed by atoms with Crippen molar-refractivity contribution in [2.75, 3.05) is 6.61 Å². The van der Waals surface area contributed by atoms with Gasteiger partial charge in [0.05, 0.1) is 18.7 Å². The molecule has 0 aliphatic rings. The van der Waals surface area contributed by atoms with Crippen LogP contribution in [0.5, 0.6) is 5.75 Å². The molecule has 3 rings (SSSR count). The van der Waals surface area contributed by atoms with Crippen LogP contribution in [0, 0.1) is 13.8 Å². The van der Waals surface area contributed by atoms with Crippen molar-refractivity contribution in [2.45, 2.75) is 33.4 Å². The van der Waals surface area contributed by atoms with Gasteiger partial charge >= 0.3 is 0 Å². The number of amides is 2. The lowest BCUT2D eigenvalue weighted by molar-refractivity contribution is -0.123. The van der Waals surface area contributed by atoms with E-state index in [1.54, 1.807) is 24.3 Å². The van der Waals surface area contributed by atoms with E-state index in [9.17, 15) is 9.59 Å². The molecule has 2 aromatic carbocycles. The number of nitrogens with one attached hydrogen (secondary N) is 1. The highest BCUT2D eigenvalue weighted by Gasteiger charge is 2.13. The summed E-state index contributed by atoms with van der Waals surface area (Å²) < 4.78 is 7.47. The Balaban J connectivity index is 1.51. The van der Waals surface area contributed by atoms with Crippen molar-refractivity contribution in [3.05, 3.63) is 82.7 Å². The molecule has 3 N–H and O–H groups in total. The number of hydrogen-bond donors (Lipinski definition) is 2. The van der Waals surface area contributed by atoms with Gasteiger partial charge in [-0.2, -0.15) is 5.10 Å². The van der Waals surface area contributed by atoms with Crippen LogP contribution in [0.4, 0.5) is 0 Å². The van der Waals surface area contributed by atoms with Crippen LogP contribution in [0.3, 0.4) is 0 Å². The molecule has 1 aromatic heterocycles. The van der Waals surface area contributed by atoms with Gasteiger partial charge in [0.1, 0.15) is 5.75 Å².